The van der Waals surface area contributed by atoms with Crippen LogP contribution in [0.3, 0.4) is 0 Å². The van der Waals surface area contributed by atoms with Gasteiger partial charge in [0.05, 0.1) is 13.7 Å². The monoisotopic (exact) mass is 412 g/mol. The first-order valence-corrected chi connectivity index (χ1v) is 9.35. The molecule has 1 fully saturated rings. The van der Waals surface area contributed by atoms with Crippen molar-refractivity contribution in [2.75, 3.05) is 25.6 Å². The summed E-state index contributed by atoms with van der Waals surface area (Å²) in [6.45, 7) is 0.913. The number of methoxy groups -OCH3 is 1. The maximum absolute atomic E-state index is 12.8. The Hall–Kier alpha value is -3.43. The Balaban J connectivity index is 1.62. The van der Waals surface area contributed by atoms with Crippen LogP contribution in [0.25, 0.3) is 0 Å². The van der Waals surface area contributed by atoms with E-state index in [0.29, 0.717) is 30.1 Å². The second-order valence-corrected chi connectivity index (χ2v) is 6.82. The number of nitrogen functional groups attached to an aromatic ring is 1. The van der Waals surface area contributed by atoms with Crippen LogP contribution >= 0.6 is 0 Å². The van der Waals surface area contributed by atoms with Crippen molar-refractivity contribution in [1.82, 2.24) is 4.90 Å². The van der Waals surface area contributed by atoms with Crippen molar-refractivity contribution in [1.29, 1.82) is 5.41 Å². The third-order valence-electron chi connectivity index (χ3n) is 4.77. The summed E-state index contributed by atoms with van der Waals surface area (Å²) in [4.78, 5) is 26.7. The molecule has 30 heavy (non-hydrogen) atoms. The molecule has 0 saturated carbocycles. The first-order valence-electron chi connectivity index (χ1n) is 9.35. The number of rotatable bonds is 7. The summed E-state index contributed by atoms with van der Waals surface area (Å²) in [5.74, 6) is -0.582. The normalized spacial score (nSPS) is 17.3. The number of anilines is 1. The van der Waals surface area contributed by atoms with Crippen molar-refractivity contribution < 1.29 is 24.2 Å². The summed E-state index contributed by atoms with van der Waals surface area (Å²) < 4.78 is 10.5. The molecule has 158 valence electrons. The van der Waals surface area contributed by atoms with Crippen molar-refractivity contribution in [3.05, 3.63) is 59.7 Å². The number of aliphatic hydroxyl groups is 1. The van der Waals surface area contributed by atoms with Gasteiger partial charge in [-0.3, -0.25) is 15.0 Å². The predicted octanol–water partition coefficient (Wildman–Crippen LogP) is 0.706. The molecule has 0 spiro atoms. The molecule has 2 aromatic rings. The lowest BCUT2D eigenvalue weighted by Crippen LogP contribution is -2.54. The largest absolute Gasteiger partial charge is 0.497 e. The predicted molar refractivity (Wildman–Crippen MR) is 110 cm³/mol. The number of carbonyl (C=O) groups excluding carboxylic acids is 2. The molecule has 2 unspecified atom stereocenters. The zero-order chi connectivity index (χ0) is 21.7. The van der Waals surface area contributed by atoms with E-state index >= 15 is 0 Å². The molecule has 3 rings (SSSR count). The average molecular weight is 412 g/mol. The van der Waals surface area contributed by atoms with Crippen LogP contribution in [0.4, 0.5) is 5.69 Å². The van der Waals surface area contributed by atoms with Crippen LogP contribution in [-0.4, -0.2) is 60.1 Å². The Morgan fingerprint density at radius 2 is 1.97 bits per heavy atom. The van der Waals surface area contributed by atoms with Gasteiger partial charge in [0.25, 0.3) is 11.8 Å². The number of ether oxygens (including phenoxy) is 2. The van der Waals surface area contributed by atoms with Gasteiger partial charge in [0, 0.05) is 24.3 Å². The summed E-state index contributed by atoms with van der Waals surface area (Å²) in [6, 6.07) is 13.6. The lowest BCUT2D eigenvalue weighted by Gasteiger charge is -2.34. The van der Waals surface area contributed by atoms with Crippen molar-refractivity contribution in [3.63, 3.8) is 0 Å². The van der Waals surface area contributed by atoms with Crippen LogP contribution < -0.4 is 15.8 Å². The first kappa shape index (κ1) is 21.3. The van der Waals surface area contributed by atoms with Gasteiger partial charge in [-0.2, -0.15) is 0 Å². The molecule has 5 N–H and O–H groups in total. The van der Waals surface area contributed by atoms with Crippen molar-refractivity contribution in [3.8, 4) is 5.75 Å². The molecular formula is C21H24N4O5. The number of hydrogen-bond donors (Lipinski definition) is 4. The molecule has 0 aliphatic carbocycles. The van der Waals surface area contributed by atoms with Gasteiger partial charge in [-0.15, -0.1) is 0 Å². The topological polar surface area (TPSA) is 138 Å². The third-order valence-corrected chi connectivity index (χ3v) is 4.77. The van der Waals surface area contributed by atoms with Crippen molar-refractivity contribution in [2.24, 2.45) is 5.73 Å². The highest BCUT2D eigenvalue weighted by atomic mass is 16.5. The third kappa shape index (κ3) is 4.94. The summed E-state index contributed by atoms with van der Waals surface area (Å²) >= 11 is 0. The number of nitrogens with zero attached hydrogens (tertiary/aromatic N) is 1. The molecule has 9 heteroatoms. The lowest BCUT2D eigenvalue weighted by atomic mass is 10.1. The second-order valence-electron chi connectivity index (χ2n) is 6.82. The number of hydrogen-bond acceptors (Lipinski definition) is 6. The molecule has 1 aliphatic heterocycles. The quantitative estimate of drug-likeness (QED) is 0.390. The van der Waals surface area contributed by atoms with E-state index in [1.807, 2.05) is 12.1 Å². The average Bonchev–Trinajstić information content (AvgIpc) is 2.75. The number of amides is 2. The molecular weight excluding hydrogens is 388 g/mol. The van der Waals surface area contributed by atoms with Crippen LogP contribution in [-0.2, 0) is 20.9 Å². The van der Waals surface area contributed by atoms with Crippen LogP contribution in [0, 0.1) is 5.41 Å². The molecule has 0 aromatic heterocycles. The summed E-state index contributed by atoms with van der Waals surface area (Å²) in [7, 11) is 1.58. The fourth-order valence-electron chi connectivity index (χ4n) is 3.07. The minimum absolute atomic E-state index is 0.0916. The molecule has 1 aliphatic rings. The highest BCUT2D eigenvalue weighted by Crippen LogP contribution is 2.18. The molecule has 2 atom stereocenters. The highest BCUT2D eigenvalue weighted by Gasteiger charge is 2.38. The van der Waals surface area contributed by atoms with E-state index in [0.717, 1.165) is 5.56 Å². The number of nitrogens with two attached hydrogens (primary N) is 1. The van der Waals surface area contributed by atoms with Crippen LogP contribution in [0.1, 0.15) is 11.1 Å². The van der Waals surface area contributed by atoms with Crippen LogP contribution in [0.2, 0.25) is 0 Å². The number of nitrogens with one attached hydrogen (secondary N) is 2. The van der Waals surface area contributed by atoms with Gasteiger partial charge in [0.1, 0.15) is 11.6 Å². The Labute approximate surface area is 173 Å². The SMILES string of the molecule is COc1ccc(CN2CCOC(C(O)C(=O)Nc3ccc(C(=N)N)cc3)C2=O)cc1. The van der Waals surface area contributed by atoms with E-state index in [4.69, 9.17) is 20.6 Å². The fourth-order valence-corrected chi connectivity index (χ4v) is 3.07. The number of morpholine rings is 1. The van der Waals surface area contributed by atoms with E-state index in [-0.39, 0.29) is 12.4 Å². The second kappa shape index (κ2) is 9.38. The number of benzene rings is 2. The van der Waals surface area contributed by atoms with Crippen molar-refractivity contribution in [2.45, 2.75) is 18.8 Å². The van der Waals surface area contributed by atoms with Gasteiger partial charge >= 0.3 is 0 Å². The number of amidine groups is 1. The maximum atomic E-state index is 12.8. The van der Waals surface area contributed by atoms with Crippen molar-refractivity contribution >= 4 is 23.3 Å². The summed E-state index contributed by atoms with van der Waals surface area (Å²) in [6.07, 6.45) is -2.95. The Kier molecular flexibility index (Phi) is 6.65. The fraction of sp³-hybridized carbons (Fsp3) is 0.286. The van der Waals surface area contributed by atoms with Gasteiger partial charge in [-0.05, 0) is 42.0 Å². The maximum Gasteiger partial charge on any atom is 0.256 e. The molecule has 2 aromatic carbocycles. The molecule has 1 saturated heterocycles. The molecule has 0 radical (unpaired) electrons. The minimum Gasteiger partial charge on any atom is -0.497 e. The zero-order valence-electron chi connectivity index (χ0n) is 16.5. The Morgan fingerprint density at radius 1 is 1.30 bits per heavy atom. The van der Waals surface area contributed by atoms with Gasteiger partial charge in [-0.1, -0.05) is 12.1 Å². The molecule has 2 amide bonds. The highest BCUT2D eigenvalue weighted by molar-refractivity contribution is 5.99. The summed E-state index contributed by atoms with van der Waals surface area (Å²) in [5.41, 5.74) is 7.21. The van der Waals surface area contributed by atoms with E-state index in [1.165, 1.54) is 0 Å². The van der Waals surface area contributed by atoms with Crippen LogP contribution in [0.5, 0.6) is 5.75 Å². The van der Waals surface area contributed by atoms with Gasteiger partial charge in [-0.25, -0.2) is 0 Å². The van der Waals surface area contributed by atoms with E-state index in [2.05, 4.69) is 5.32 Å². The smallest absolute Gasteiger partial charge is 0.256 e. The lowest BCUT2D eigenvalue weighted by molar-refractivity contribution is -0.166. The molecule has 9 nitrogen and oxygen atoms in total. The summed E-state index contributed by atoms with van der Waals surface area (Å²) in [5, 5.41) is 20.3. The van der Waals surface area contributed by atoms with Crippen LogP contribution in [0.15, 0.2) is 48.5 Å². The van der Waals surface area contributed by atoms with Gasteiger partial charge in [0.15, 0.2) is 12.2 Å². The molecule has 1 heterocycles. The van der Waals surface area contributed by atoms with Gasteiger partial charge < -0.3 is 30.5 Å². The standard InChI is InChI=1S/C21H24N4O5/c1-29-16-8-2-13(3-9-16)12-25-10-11-30-18(21(25)28)17(26)20(27)24-15-6-4-14(5-7-15)19(22)23/h2-9,17-18,26H,10-12H2,1H3,(H3,22,23)(H,24,27). The van der Waals surface area contributed by atoms with Gasteiger partial charge in [0.2, 0.25) is 0 Å². The van der Waals surface area contributed by atoms with E-state index in [1.54, 1.807) is 48.4 Å². The first-order chi connectivity index (χ1) is 14.4. The number of carbonyl (C=O) groups is 2. The van der Waals surface area contributed by atoms with E-state index in [9.17, 15) is 14.7 Å². The Bertz CT molecular complexity index is 914. The minimum atomic E-state index is -1.66. The number of aliphatic hydroxyl groups excluding tert-OH is 1. The molecule has 0 bridgehead atoms. The van der Waals surface area contributed by atoms with E-state index < -0.39 is 24.0 Å². The zero-order valence-corrected chi connectivity index (χ0v) is 16.5. The Morgan fingerprint density at radius 3 is 2.57 bits per heavy atom.